The van der Waals surface area contributed by atoms with Gasteiger partial charge in [-0.1, -0.05) is 0 Å². The Kier molecular flexibility index (Phi) is 4.52. The van der Waals surface area contributed by atoms with Gasteiger partial charge in [0.15, 0.2) is 0 Å². The second kappa shape index (κ2) is 5.99. The van der Waals surface area contributed by atoms with Gasteiger partial charge in [0.2, 0.25) is 5.91 Å². The first-order valence-corrected chi connectivity index (χ1v) is 7.34. The highest BCUT2D eigenvalue weighted by molar-refractivity contribution is 5.78. The molecule has 6 heteroatoms. The maximum absolute atomic E-state index is 11.9. The molecule has 20 heavy (non-hydrogen) atoms. The maximum atomic E-state index is 11.9. The highest BCUT2D eigenvalue weighted by Crippen LogP contribution is 2.16. The van der Waals surface area contributed by atoms with Crippen LogP contribution in [0.3, 0.4) is 0 Å². The van der Waals surface area contributed by atoms with Crippen LogP contribution in [0.5, 0.6) is 0 Å². The molecule has 2 aliphatic rings. The number of likely N-dealkylation sites (tertiary alicyclic amines) is 1. The smallest absolute Gasteiger partial charge is 0.410 e. The Morgan fingerprint density at radius 1 is 1.30 bits per heavy atom. The number of hydrogen-bond acceptors (Lipinski definition) is 4. The van der Waals surface area contributed by atoms with Gasteiger partial charge in [0, 0.05) is 38.1 Å². The van der Waals surface area contributed by atoms with Crippen LogP contribution in [0.1, 0.15) is 40.0 Å². The molecule has 0 spiro atoms. The van der Waals surface area contributed by atoms with Crippen molar-refractivity contribution in [3.05, 3.63) is 0 Å². The van der Waals surface area contributed by atoms with Gasteiger partial charge in [0.1, 0.15) is 5.60 Å². The second-order valence-electron chi connectivity index (χ2n) is 6.61. The summed E-state index contributed by atoms with van der Waals surface area (Å²) in [4.78, 5) is 24.9. The van der Waals surface area contributed by atoms with Crippen molar-refractivity contribution in [3.8, 4) is 0 Å². The monoisotopic (exact) mass is 283 g/mol. The van der Waals surface area contributed by atoms with E-state index in [0.29, 0.717) is 32.1 Å². The van der Waals surface area contributed by atoms with E-state index in [1.807, 2.05) is 20.8 Å². The summed E-state index contributed by atoms with van der Waals surface area (Å²) in [6, 6.07) is 0.618. The summed E-state index contributed by atoms with van der Waals surface area (Å²) in [6.45, 7) is 7.77. The zero-order valence-corrected chi connectivity index (χ0v) is 12.6. The van der Waals surface area contributed by atoms with E-state index in [4.69, 9.17) is 4.74 Å². The molecule has 2 amide bonds. The third-order valence-electron chi connectivity index (χ3n) is 3.60. The van der Waals surface area contributed by atoms with Gasteiger partial charge < -0.3 is 20.3 Å². The first kappa shape index (κ1) is 15.1. The molecule has 0 aliphatic carbocycles. The van der Waals surface area contributed by atoms with E-state index < -0.39 is 5.60 Å². The fraction of sp³-hybridized carbons (Fsp3) is 0.857. The topological polar surface area (TPSA) is 70.7 Å². The lowest BCUT2D eigenvalue weighted by molar-refractivity contribution is -0.119. The normalized spacial score (nSPS) is 24.6. The van der Waals surface area contributed by atoms with Crippen molar-refractivity contribution in [1.29, 1.82) is 0 Å². The van der Waals surface area contributed by atoms with Crippen LogP contribution in [0, 0.1) is 0 Å². The number of hydrogen-bond donors (Lipinski definition) is 2. The number of ether oxygens (including phenoxy) is 1. The summed E-state index contributed by atoms with van der Waals surface area (Å²) < 4.78 is 5.37. The molecule has 2 heterocycles. The summed E-state index contributed by atoms with van der Waals surface area (Å²) in [5, 5.41) is 6.32. The number of carbonyl (C=O) groups excluding carboxylic acids is 2. The van der Waals surface area contributed by atoms with Crippen LogP contribution in [-0.4, -0.2) is 54.2 Å². The van der Waals surface area contributed by atoms with Crippen molar-refractivity contribution in [2.75, 3.05) is 19.6 Å². The number of piperidine rings is 1. The van der Waals surface area contributed by atoms with E-state index in [1.54, 1.807) is 4.90 Å². The molecule has 1 atom stereocenters. The van der Waals surface area contributed by atoms with Gasteiger partial charge in [-0.2, -0.15) is 0 Å². The summed E-state index contributed by atoms with van der Waals surface area (Å²) >= 11 is 0. The van der Waals surface area contributed by atoms with Gasteiger partial charge in [0.25, 0.3) is 0 Å². The van der Waals surface area contributed by atoms with Gasteiger partial charge in [-0.05, 0) is 33.6 Å². The predicted molar refractivity (Wildman–Crippen MR) is 75.4 cm³/mol. The van der Waals surface area contributed by atoms with Crippen molar-refractivity contribution in [3.63, 3.8) is 0 Å². The fourth-order valence-corrected chi connectivity index (χ4v) is 2.61. The van der Waals surface area contributed by atoms with Crippen molar-refractivity contribution in [2.45, 2.75) is 57.7 Å². The minimum absolute atomic E-state index is 0.119. The molecule has 0 aromatic heterocycles. The molecule has 0 saturated carbocycles. The molecule has 2 N–H and O–H groups in total. The Hall–Kier alpha value is -1.30. The summed E-state index contributed by atoms with van der Waals surface area (Å²) in [7, 11) is 0. The lowest BCUT2D eigenvalue weighted by Crippen LogP contribution is -2.49. The summed E-state index contributed by atoms with van der Waals surface area (Å²) in [5.74, 6) is 0.119. The van der Waals surface area contributed by atoms with Gasteiger partial charge in [-0.25, -0.2) is 4.79 Å². The first-order chi connectivity index (χ1) is 9.33. The Morgan fingerprint density at radius 3 is 2.45 bits per heavy atom. The zero-order chi connectivity index (χ0) is 14.8. The van der Waals surface area contributed by atoms with Gasteiger partial charge in [-0.15, -0.1) is 0 Å². The lowest BCUT2D eigenvalue weighted by atomic mass is 10.0. The summed E-state index contributed by atoms with van der Waals surface area (Å²) in [6.07, 6.45) is 2.15. The number of nitrogens with zero attached hydrogens (tertiary/aromatic N) is 1. The molecule has 0 aromatic carbocycles. The Morgan fingerprint density at radius 2 is 1.95 bits per heavy atom. The number of amides is 2. The zero-order valence-electron chi connectivity index (χ0n) is 12.6. The van der Waals surface area contributed by atoms with Crippen molar-refractivity contribution >= 4 is 12.0 Å². The van der Waals surface area contributed by atoms with Crippen LogP contribution in [0.4, 0.5) is 4.79 Å². The molecule has 0 bridgehead atoms. The molecular formula is C14H25N3O3. The quantitative estimate of drug-likeness (QED) is 0.788. The van der Waals surface area contributed by atoms with Gasteiger partial charge in [-0.3, -0.25) is 4.79 Å². The highest BCUT2D eigenvalue weighted by Gasteiger charge is 2.29. The molecular weight excluding hydrogens is 258 g/mol. The highest BCUT2D eigenvalue weighted by atomic mass is 16.6. The molecule has 1 unspecified atom stereocenters. The number of rotatable bonds is 2. The minimum atomic E-state index is -0.442. The van der Waals surface area contributed by atoms with Crippen LogP contribution < -0.4 is 10.6 Å². The molecule has 2 rings (SSSR count). The van der Waals surface area contributed by atoms with E-state index in [1.165, 1.54) is 0 Å². The van der Waals surface area contributed by atoms with Crippen molar-refractivity contribution < 1.29 is 14.3 Å². The molecule has 0 aromatic rings. The van der Waals surface area contributed by atoms with Gasteiger partial charge >= 0.3 is 6.09 Å². The third kappa shape index (κ3) is 4.37. The van der Waals surface area contributed by atoms with E-state index in [-0.39, 0.29) is 18.0 Å². The average Bonchev–Trinajstić information content (AvgIpc) is 2.73. The molecule has 2 saturated heterocycles. The second-order valence-corrected chi connectivity index (χ2v) is 6.61. The van der Waals surface area contributed by atoms with Crippen molar-refractivity contribution in [1.82, 2.24) is 15.5 Å². The van der Waals surface area contributed by atoms with Crippen LogP contribution in [0.25, 0.3) is 0 Å². The predicted octanol–water partition coefficient (Wildman–Crippen LogP) is 0.864. The van der Waals surface area contributed by atoms with E-state index in [0.717, 1.165) is 12.8 Å². The molecule has 2 aliphatic heterocycles. The Bertz CT molecular complexity index is 370. The molecule has 0 radical (unpaired) electrons. The van der Waals surface area contributed by atoms with Crippen LogP contribution >= 0.6 is 0 Å². The minimum Gasteiger partial charge on any atom is -0.444 e. The van der Waals surface area contributed by atoms with Crippen molar-refractivity contribution in [2.24, 2.45) is 0 Å². The lowest BCUT2D eigenvalue weighted by Gasteiger charge is -2.34. The number of nitrogens with one attached hydrogen (secondary N) is 2. The molecule has 114 valence electrons. The van der Waals surface area contributed by atoms with E-state index in [9.17, 15) is 9.59 Å². The maximum Gasteiger partial charge on any atom is 0.410 e. The average molecular weight is 283 g/mol. The Labute approximate surface area is 120 Å². The SMILES string of the molecule is CC(C)(C)OC(=O)N1CCC(NC2CNC(=O)C2)CC1. The van der Waals surface area contributed by atoms with Gasteiger partial charge in [0.05, 0.1) is 0 Å². The molecule has 6 nitrogen and oxygen atoms in total. The third-order valence-corrected chi connectivity index (χ3v) is 3.60. The van der Waals surface area contributed by atoms with Crippen LogP contribution in [0.15, 0.2) is 0 Å². The van der Waals surface area contributed by atoms with Crippen LogP contribution in [0.2, 0.25) is 0 Å². The largest absolute Gasteiger partial charge is 0.444 e. The first-order valence-electron chi connectivity index (χ1n) is 7.34. The standard InChI is InChI=1S/C14H25N3O3/c1-14(2,3)20-13(19)17-6-4-10(5-7-17)16-11-8-12(18)15-9-11/h10-11,16H,4-9H2,1-3H3,(H,15,18). The van der Waals surface area contributed by atoms with E-state index in [2.05, 4.69) is 10.6 Å². The summed E-state index contributed by atoms with van der Waals surface area (Å²) in [5.41, 5.74) is -0.442. The Balaban J connectivity index is 1.72. The number of carbonyl (C=O) groups is 2. The fourth-order valence-electron chi connectivity index (χ4n) is 2.61. The molecule has 2 fully saturated rings. The van der Waals surface area contributed by atoms with E-state index >= 15 is 0 Å². The van der Waals surface area contributed by atoms with Crippen LogP contribution in [-0.2, 0) is 9.53 Å².